The number of nitrogens with one attached hydrogen (secondary N) is 3. The number of ether oxygens (including phenoxy) is 2. The minimum atomic E-state index is -0.447. The van der Waals surface area contributed by atoms with Gasteiger partial charge in [0.25, 0.3) is 5.91 Å². The quantitative estimate of drug-likeness (QED) is 0.0915. The van der Waals surface area contributed by atoms with E-state index in [4.69, 9.17) is 26.0 Å². The highest BCUT2D eigenvalue weighted by molar-refractivity contribution is 14.1. The van der Waals surface area contributed by atoms with E-state index in [9.17, 15) is 13.6 Å². The van der Waals surface area contributed by atoms with Crippen LogP contribution in [0.25, 0.3) is 22.8 Å². The van der Waals surface area contributed by atoms with Gasteiger partial charge in [0.15, 0.2) is 0 Å². The number of hydrogen-bond donors (Lipinski definition) is 4. The number of carbonyl (C=O) groups excluding carboxylic acids is 1. The average molecular weight is 887 g/mol. The largest absolute Gasteiger partial charge is 0.491 e. The Balaban J connectivity index is 0.000000275. The van der Waals surface area contributed by atoms with Gasteiger partial charge < -0.3 is 29.7 Å². The van der Waals surface area contributed by atoms with Crippen molar-refractivity contribution < 1.29 is 23.0 Å². The van der Waals surface area contributed by atoms with E-state index in [2.05, 4.69) is 69.7 Å². The summed E-state index contributed by atoms with van der Waals surface area (Å²) in [5.74, 6) is 1.31. The smallest absolute Gasteiger partial charge is 0.276 e. The highest BCUT2D eigenvalue weighted by atomic mass is 127. The summed E-state index contributed by atoms with van der Waals surface area (Å²) < 4.78 is 43.6. The van der Waals surface area contributed by atoms with Gasteiger partial charge in [-0.05, 0) is 80.4 Å². The lowest BCUT2D eigenvalue weighted by Gasteiger charge is -2.07. The molecule has 6 rings (SSSR count). The van der Waals surface area contributed by atoms with Gasteiger partial charge in [-0.3, -0.25) is 15.6 Å². The van der Waals surface area contributed by atoms with Crippen molar-refractivity contribution in [1.82, 2.24) is 24.4 Å². The second kappa shape index (κ2) is 16.5. The molecule has 2 aliphatic heterocycles. The third kappa shape index (κ3) is 9.46. The zero-order valence-electron chi connectivity index (χ0n) is 23.2. The summed E-state index contributed by atoms with van der Waals surface area (Å²) in [6.45, 7) is 5.09. The predicted molar refractivity (Wildman–Crippen MR) is 187 cm³/mol. The van der Waals surface area contributed by atoms with Gasteiger partial charge in [0.1, 0.15) is 57.4 Å². The topological polar surface area (TPSA) is 157 Å². The molecule has 0 fully saturated rings. The molecular formula is C28H30Br2ClF2IN8O3. The summed E-state index contributed by atoms with van der Waals surface area (Å²) in [6, 6.07) is 5.99. The van der Waals surface area contributed by atoms with Gasteiger partial charge in [0.2, 0.25) is 0 Å². The minimum Gasteiger partial charge on any atom is -0.491 e. The standard InChI is InChI=1S/C14H12BrFN4O2.C11H7BrFIN2O.C2H6N2.CH4.ClH/c1-7(17)18-14(21)11-6-20-2-3-22-12-5-10(16)9(15)4-8(12)13(20)19-11;12-7-3-6-9(4-8(7)13)17-2-1-16-5-10(14)15-11(6)16;1-2(3)4;;/h4-6H,2-3H2,1H3,(H2,17,18,21);3-5H,1-2H2;1H3,(H3,3,4);1H4;1H. The van der Waals surface area contributed by atoms with E-state index in [-0.39, 0.29) is 43.0 Å². The van der Waals surface area contributed by atoms with Crippen LogP contribution in [0.4, 0.5) is 8.78 Å². The van der Waals surface area contributed by atoms with Crippen LogP contribution in [0.5, 0.6) is 11.5 Å². The number of hydrogen-bond acceptors (Lipinski definition) is 7. The molecule has 2 aromatic carbocycles. The zero-order chi connectivity index (χ0) is 31.4. The summed E-state index contributed by atoms with van der Waals surface area (Å²) >= 11 is 8.50. The van der Waals surface area contributed by atoms with Crippen molar-refractivity contribution >= 4 is 84.4 Å². The molecular weight excluding hydrogens is 857 g/mol. The number of benzene rings is 2. The van der Waals surface area contributed by atoms with Gasteiger partial charge >= 0.3 is 0 Å². The lowest BCUT2D eigenvalue weighted by Crippen LogP contribution is -2.27. The molecule has 0 bridgehead atoms. The van der Waals surface area contributed by atoms with Gasteiger partial charge in [-0.2, -0.15) is 0 Å². The number of fused-ring (bicyclic) bond motifs is 6. The molecule has 2 aromatic heterocycles. The Kier molecular flexibility index (Phi) is 13.9. The van der Waals surface area contributed by atoms with E-state index >= 15 is 0 Å². The predicted octanol–water partition coefficient (Wildman–Crippen LogP) is 7.02. The van der Waals surface area contributed by atoms with Crippen LogP contribution in [0.2, 0.25) is 0 Å². The monoisotopic (exact) mass is 884 g/mol. The number of imidazole rings is 2. The number of amidine groups is 2. The second-order valence-electron chi connectivity index (χ2n) is 9.21. The normalized spacial score (nSPS) is 11.9. The maximum atomic E-state index is 13.7. The summed E-state index contributed by atoms with van der Waals surface area (Å²) in [4.78, 5) is 20.7. The van der Waals surface area contributed by atoms with E-state index < -0.39 is 11.7 Å². The van der Waals surface area contributed by atoms with Crippen LogP contribution in [0, 0.1) is 26.2 Å². The van der Waals surface area contributed by atoms with Gasteiger partial charge in [0, 0.05) is 24.5 Å². The van der Waals surface area contributed by atoms with Crippen molar-refractivity contribution in [3.63, 3.8) is 0 Å². The van der Waals surface area contributed by atoms with E-state index in [1.807, 2.05) is 10.8 Å². The SMILES string of the molecule is C.CC(=N)N.CC(=N)NC(=O)c1cn2c(n1)-c1cc(Br)c(F)cc1OCC2.Cl.Fc1cc2c(cc1Br)-c1nc(I)cn1CCO2. The Labute approximate surface area is 295 Å². The molecule has 242 valence electrons. The van der Waals surface area contributed by atoms with Crippen LogP contribution >= 0.6 is 66.9 Å². The first-order valence-electron chi connectivity index (χ1n) is 12.6. The highest BCUT2D eigenvalue weighted by Crippen LogP contribution is 2.37. The third-order valence-electron chi connectivity index (χ3n) is 5.76. The summed E-state index contributed by atoms with van der Waals surface area (Å²) in [5.41, 5.74) is 6.32. The lowest BCUT2D eigenvalue weighted by molar-refractivity contribution is 0.0972. The first-order valence-corrected chi connectivity index (χ1v) is 15.2. The lowest BCUT2D eigenvalue weighted by atomic mass is 10.2. The molecule has 4 heterocycles. The molecule has 5 N–H and O–H groups in total. The number of aromatic nitrogens is 4. The van der Waals surface area contributed by atoms with Crippen LogP contribution in [-0.4, -0.2) is 49.9 Å². The molecule has 11 nitrogen and oxygen atoms in total. The number of amides is 1. The Morgan fingerprint density at radius 2 is 1.38 bits per heavy atom. The summed E-state index contributed by atoms with van der Waals surface area (Å²) in [5, 5.41) is 16.0. The van der Waals surface area contributed by atoms with E-state index in [0.29, 0.717) is 51.6 Å². The molecule has 45 heavy (non-hydrogen) atoms. The molecule has 0 radical (unpaired) electrons. The van der Waals surface area contributed by atoms with Crippen molar-refractivity contribution in [2.75, 3.05) is 13.2 Å². The van der Waals surface area contributed by atoms with Crippen LogP contribution in [-0.2, 0) is 13.1 Å². The van der Waals surface area contributed by atoms with Gasteiger partial charge in [-0.15, -0.1) is 12.4 Å². The van der Waals surface area contributed by atoms with Crippen molar-refractivity contribution in [2.45, 2.75) is 34.4 Å². The van der Waals surface area contributed by atoms with Crippen molar-refractivity contribution in [3.8, 4) is 34.3 Å². The minimum absolute atomic E-state index is 0. The van der Waals surface area contributed by atoms with Gasteiger partial charge in [0.05, 0.1) is 44.8 Å². The van der Waals surface area contributed by atoms with Crippen LogP contribution in [0.1, 0.15) is 31.8 Å². The number of carbonyl (C=O) groups is 1. The molecule has 17 heteroatoms. The molecule has 0 unspecified atom stereocenters. The summed E-state index contributed by atoms with van der Waals surface area (Å²) in [7, 11) is 0. The van der Waals surface area contributed by atoms with Crippen molar-refractivity contribution in [3.05, 3.63) is 66.6 Å². The first-order chi connectivity index (χ1) is 20.3. The van der Waals surface area contributed by atoms with E-state index in [0.717, 1.165) is 21.6 Å². The fourth-order valence-corrected chi connectivity index (χ4v) is 5.32. The zero-order valence-corrected chi connectivity index (χ0v) is 29.3. The molecule has 0 aliphatic carbocycles. The second-order valence-corrected chi connectivity index (χ2v) is 12.0. The number of nitrogens with two attached hydrogens (primary N) is 1. The Hall–Kier alpha value is -3.09. The fraction of sp³-hybridized carbons (Fsp3) is 0.250. The number of nitrogens with zero attached hydrogens (tertiary/aromatic N) is 4. The van der Waals surface area contributed by atoms with E-state index in [1.54, 1.807) is 22.9 Å². The van der Waals surface area contributed by atoms with Gasteiger partial charge in [-0.25, -0.2) is 18.7 Å². The van der Waals surface area contributed by atoms with Crippen LogP contribution < -0.4 is 20.5 Å². The Bertz CT molecular complexity index is 1730. The number of halogens is 6. The molecule has 2 aliphatic rings. The molecule has 4 aromatic rings. The molecule has 0 atom stereocenters. The number of rotatable bonds is 1. The average Bonchev–Trinajstić information content (AvgIpc) is 3.42. The van der Waals surface area contributed by atoms with Crippen molar-refractivity contribution in [2.24, 2.45) is 5.73 Å². The fourth-order valence-electron chi connectivity index (χ4n) is 4.07. The summed E-state index contributed by atoms with van der Waals surface area (Å²) in [6.07, 6.45) is 3.56. The van der Waals surface area contributed by atoms with Crippen LogP contribution in [0.15, 0.2) is 45.6 Å². The Morgan fingerprint density at radius 3 is 1.84 bits per heavy atom. The molecule has 0 saturated heterocycles. The first kappa shape index (κ1) is 38.1. The van der Waals surface area contributed by atoms with Crippen molar-refractivity contribution in [1.29, 1.82) is 10.8 Å². The van der Waals surface area contributed by atoms with E-state index in [1.165, 1.54) is 26.0 Å². The van der Waals surface area contributed by atoms with Gasteiger partial charge in [-0.1, -0.05) is 7.43 Å². The van der Waals surface area contributed by atoms with Crippen LogP contribution in [0.3, 0.4) is 0 Å². The Morgan fingerprint density at radius 1 is 0.933 bits per heavy atom. The highest BCUT2D eigenvalue weighted by Gasteiger charge is 2.23. The maximum absolute atomic E-state index is 13.7. The third-order valence-corrected chi connectivity index (χ3v) is 7.50. The molecule has 1 amide bonds. The maximum Gasteiger partial charge on any atom is 0.276 e. The molecule has 0 saturated carbocycles. The molecule has 0 spiro atoms.